The topological polar surface area (TPSA) is 68.0 Å². The van der Waals surface area contributed by atoms with Crippen LogP contribution >= 0.6 is 11.3 Å². The van der Waals surface area contributed by atoms with E-state index in [-0.39, 0.29) is 5.91 Å². The van der Waals surface area contributed by atoms with Crippen LogP contribution in [0.3, 0.4) is 0 Å². The lowest BCUT2D eigenvalue weighted by atomic mass is 10.0. The minimum Gasteiger partial charge on any atom is -0.330 e. The number of hydrogen-bond acceptors (Lipinski definition) is 4. The summed E-state index contributed by atoms with van der Waals surface area (Å²) in [5.74, 6) is 0.556. The van der Waals surface area contributed by atoms with Gasteiger partial charge in [-0.3, -0.25) is 4.79 Å². The van der Waals surface area contributed by atoms with Crippen LogP contribution in [0.4, 0.5) is 5.13 Å². The number of thiazole rings is 1. The summed E-state index contributed by atoms with van der Waals surface area (Å²) in [5.41, 5.74) is 6.56. The van der Waals surface area contributed by atoms with Gasteiger partial charge < -0.3 is 11.1 Å². The number of nitrogens with two attached hydrogens (primary N) is 1. The van der Waals surface area contributed by atoms with Gasteiger partial charge in [0.25, 0.3) is 0 Å². The average Bonchev–Trinajstić information content (AvgIpc) is 2.67. The summed E-state index contributed by atoms with van der Waals surface area (Å²) in [6.45, 7) is 6.93. The van der Waals surface area contributed by atoms with Crippen LogP contribution < -0.4 is 11.1 Å². The first kappa shape index (κ1) is 15.1. The second-order valence-corrected chi connectivity index (χ2v) is 5.85. The minimum atomic E-state index is 0.0512. The molecule has 0 fully saturated rings. The largest absolute Gasteiger partial charge is 0.330 e. The van der Waals surface area contributed by atoms with Gasteiger partial charge in [-0.25, -0.2) is 4.98 Å². The highest BCUT2D eigenvalue weighted by molar-refractivity contribution is 7.15. The van der Waals surface area contributed by atoms with Gasteiger partial charge in [0.15, 0.2) is 5.13 Å². The van der Waals surface area contributed by atoms with Crippen LogP contribution in [-0.2, 0) is 11.2 Å². The van der Waals surface area contributed by atoms with E-state index in [4.69, 9.17) is 5.73 Å². The molecule has 18 heavy (non-hydrogen) atoms. The number of anilines is 1. The van der Waals surface area contributed by atoms with Crippen molar-refractivity contribution in [2.75, 3.05) is 11.9 Å². The van der Waals surface area contributed by atoms with E-state index in [0.29, 0.717) is 18.9 Å². The standard InChI is InChI=1S/C13H23N3OS/c1-4-11-10(3)18-13(15-11)16-12(17)6-5-9(2)7-8-14/h9H,4-8,14H2,1-3H3,(H,15,16,17). The minimum absolute atomic E-state index is 0.0512. The molecule has 4 nitrogen and oxygen atoms in total. The van der Waals surface area contributed by atoms with Crippen LogP contribution in [0.1, 0.15) is 43.7 Å². The fraction of sp³-hybridized carbons (Fsp3) is 0.692. The van der Waals surface area contributed by atoms with Gasteiger partial charge in [-0.2, -0.15) is 0 Å². The third kappa shape index (κ3) is 4.74. The van der Waals surface area contributed by atoms with Crippen LogP contribution in [0, 0.1) is 12.8 Å². The molecular weight excluding hydrogens is 246 g/mol. The highest BCUT2D eigenvalue weighted by Gasteiger charge is 2.10. The van der Waals surface area contributed by atoms with Crippen molar-refractivity contribution >= 4 is 22.4 Å². The van der Waals surface area contributed by atoms with E-state index >= 15 is 0 Å². The summed E-state index contributed by atoms with van der Waals surface area (Å²) in [5, 5.41) is 3.60. The van der Waals surface area contributed by atoms with Gasteiger partial charge in [0.2, 0.25) is 5.91 Å². The second-order valence-electron chi connectivity index (χ2n) is 4.64. The molecule has 0 saturated heterocycles. The maximum Gasteiger partial charge on any atom is 0.226 e. The van der Waals surface area contributed by atoms with Gasteiger partial charge in [0, 0.05) is 11.3 Å². The van der Waals surface area contributed by atoms with Crippen molar-refractivity contribution < 1.29 is 4.79 Å². The molecule has 0 bridgehead atoms. The highest BCUT2D eigenvalue weighted by Crippen LogP contribution is 2.22. The first-order valence-electron chi connectivity index (χ1n) is 6.53. The molecule has 5 heteroatoms. The molecule has 0 aliphatic heterocycles. The van der Waals surface area contributed by atoms with Gasteiger partial charge >= 0.3 is 0 Å². The summed E-state index contributed by atoms with van der Waals surface area (Å²) in [4.78, 5) is 17.3. The molecule has 1 unspecified atom stereocenters. The van der Waals surface area contributed by atoms with Crippen LogP contribution in [0.5, 0.6) is 0 Å². The number of nitrogens with zero attached hydrogens (tertiary/aromatic N) is 1. The number of carbonyl (C=O) groups excluding carboxylic acids is 1. The second kappa shape index (κ2) is 7.48. The summed E-state index contributed by atoms with van der Waals surface area (Å²) < 4.78 is 0. The first-order chi connectivity index (χ1) is 8.56. The number of carbonyl (C=O) groups is 1. The molecular formula is C13H23N3OS. The van der Waals surface area contributed by atoms with Gasteiger partial charge in [-0.05, 0) is 38.6 Å². The predicted molar refractivity (Wildman–Crippen MR) is 76.9 cm³/mol. The molecule has 0 aliphatic carbocycles. The molecule has 1 atom stereocenters. The summed E-state index contributed by atoms with van der Waals surface area (Å²) in [7, 11) is 0. The van der Waals surface area contributed by atoms with Gasteiger partial charge in [-0.1, -0.05) is 13.8 Å². The Morgan fingerprint density at radius 3 is 2.78 bits per heavy atom. The first-order valence-corrected chi connectivity index (χ1v) is 7.34. The predicted octanol–water partition coefficient (Wildman–Crippen LogP) is 2.72. The molecule has 1 heterocycles. The third-order valence-electron chi connectivity index (χ3n) is 3.00. The average molecular weight is 269 g/mol. The quantitative estimate of drug-likeness (QED) is 0.799. The fourth-order valence-electron chi connectivity index (χ4n) is 1.80. The number of nitrogens with one attached hydrogen (secondary N) is 1. The van der Waals surface area contributed by atoms with Crippen LogP contribution in [0.25, 0.3) is 0 Å². The molecule has 0 aliphatic rings. The van der Waals surface area contributed by atoms with E-state index in [1.54, 1.807) is 11.3 Å². The van der Waals surface area contributed by atoms with Crippen LogP contribution in [0.2, 0.25) is 0 Å². The SMILES string of the molecule is CCc1nc(NC(=O)CCC(C)CCN)sc1C. The highest BCUT2D eigenvalue weighted by atomic mass is 32.1. The van der Waals surface area contributed by atoms with Crippen molar-refractivity contribution in [3.63, 3.8) is 0 Å². The van der Waals surface area contributed by atoms with E-state index in [1.807, 2.05) is 6.92 Å². The molecule has 0 radical (unpaired) electrons. The monoisotopic (exact) mass is 269 g/mol. The smallest absolute Gasteiger partial charge is 0.226 e. The van der Waals surface area contributed by atoms with E-state index < -0.39 is 0 Å². The maximum absolute atomic E-state index is 11.8. The van der Waals surface area contributed by atoms with Crippen LogP contribution in [0.15, 0.2) is 0 Å². The lowest BCUT2D eigenvalue weighted by Crippen LogP contribution is -2.14. The Balaban J connectivity index is 2.39. The zero-order valence-corrected chi connectivity index (χ0v) is 12.3. The molecule has 1 amide bonds. The van der Waals surface area contributed by atoms with Crippen molar-refractivity contribution in [3.05, 3.63) is 10.6 Å². The molecule has 0 spiro atoms. The molecule has 1 aromatic heterocycles. The molecule has 102 valence electrons. The maximum atomic E-state index is 11.8. The Labute approximate surface area is 113 Å². The molecule has 0 saturated carbocycles. The molecule has 0 aromatic carbocycles. The Kier molecular flexibility index (Phi) is 6.29. The van der Waals surface area contributed by atoms with Crippen molar-refractivity contribution in [2.45, 2.75) is 46.5 Å². The Hall–Kier alpha value is -0.940. The van der Waals surface area contributed by atoms with Crippen molar-refractivity contribution in [3.8, 4) is 0 Å². The number of aromatic nitrogens is 1. The molecule has 3 N–H and O–H groups in total. The molecule has 1 aromatic rings. The van der Waals surface area contributed by atoms with E-state index in [9.17, 15) is 4.79 Å². The number of aryl methyl sites for hydroxylation is 2. The lowest BCUT2D eigenvalue weighted by molar-refractivity contribution is -0.116. The van der Waals surface area contributed by atoms with Gasteiger partial charge in [0.1, 0.15) is 0 Å². The normalized spacial score (nSPS) is 12.4. The summed E-state index contributed by atoms with van der Waals surface area (Å²) >= 11 is 1.55. The Bertz CT molecular complexity index is 390. The Morgan fingerprint density at radius 2 is 2.22 bits per heavy atom. The molecule has 1 rings (SSSR count). The zero-order chi connectivity index (χ0) is 13.5. The van der Waals surface area contributed by atoms with Crippen molar-refractivity contribution in [1.29, 1.82) is 0 Å². The van der Waals surface area contributed by atoms with Crippen molar-refractivity contribution in [2.24, 2.45) is 11.7 Å². The summed E-state index contributed by atoms with van der Waals surface area (Å²) in [6, 6.07) is 0. The number of amides is 1. The fourth-order valence-corrected chi connectivity index (χ4v) is 2.72. The van der Waals surface area contributed by atoms with E-state index in [1.165, 1.54) is 4.88 Å². The summed E-state index contributed by atoms with van der Waals surface area (Å²) in [6.07, 6.45) is 3.31. The van der Waals surface area contributed by atoms with Gasteiger partial charge in [-0.15, -0.1) is 11.3 Å². The van der Waals surface area contributed by atoms with E-state index in [0.717, 1.165) is 30.1 Å². The van der Waals surface area contributed by atoms with E-state index in [2.05, 4.69) is 24.1 Å². The van der Waals surface area contributed by atoms with Gasteiger partial charge in [0.05, 0.1) is 5.69 Å². The number of rotatable bonds is 7. The lowest BCUT2D eigenvalue weighted by Gasteiger charge is -2.08. The van der Waals surface area contributed by atoms with Crippen molar-refractivity contribution in [1.82, 2.24) is 4.98 Å². The zero-order valence-electron chi connectivity index (χ0n) is 11.5. The number of hydrogen-bond donors (Lipinski definition) is 2. The van der Waals surface area contributed by atoms with Crippen LogP contribution in [-0.4, -0.2) is 17.4 Å². The third-order valence-corrected chi connectivity index (χ3v) is 3.93. The Morgan fingerprint density at radius 1 is 1.50 bits per heavy atom.